The monoisotopic (exact) mass is 744 g/mol. The van der Waals surface area contributed by atoms with Crippen LogP contribution in [-0.2, 0) is 6.18 Å². The molecule has 0 radical (unpaired) electrons. The second-order valence-electron chi connectivity index (χ2n) is 10.9. The van der Waals surface area contributed by atoms with Crippen molar-refractivity contribution in [3.05, 3.63) is 101 Å². The second-order valence-corrected chi connectivity index (χ2v) is 12.0. The minimum Gasteiger partial charge on any atom is -0.372 e. The number of amides is 3. The van der Waals surface area contributed by atoms with Crippen LogP contribution in [0.5, 0.6) is 0 Å². The second kappa shape index (κ2) is 14.4. The van der Waals surface area contributed by atoms with Gasteiger partial charge in [0, 0.05) is 60.2 Å². The van der Waals surface area contributed by atoms with E-state index >= 15 is 0 Å². The number of rotatable bonds is 9. The highest BCUT2D eigenvalue weighted by atomic mass is 127. The van der Waals surface area contributed by atoms with Crippen LogP contribution < -0.4 is 15.5 Å². The number of hydrogen-bond donors (Lipinski definition) is 2. The Morgan fingerprint density at radius 2 is 1.61 bits per heavy atom. The van der Waals surface area contributed by atoms with Crippen molar-refractivity contribution in [2.24, 2.45) is 0 Å². The number of piperidine rings is 1. The molecule has 0 saturated carbocycles. The molecule has 0 spiro atoms. The van der Waals surface area contributed by atoms with Gasteiger partial charge in [-0.05, 0) is 73.9 Å². The van der Waals surface area contributed by atoms with Gasteiger partial charge in [0.05, 0.1) is 22.5 Å². The molecule has 1 saturated heterocycles. The van der Waals surface area contributed by atoms with Crippen molar-refractivity contribution in [2.75, 3.05) is 46.6 Å². The molecule has 46 heavy (non-hydrogen) atoms. The molecule has 0 aliphatic carbocycles. The maximum atomic E-state index is 13.7. The maximum absolute atomic E-state index is 13.7. The minimum atomic E-state index is -4.51. The van der Waals surface area contributed by atoms with Crippen LogP contribution in [0, 0.1) is 0 Å². The zero-order chi connectivity index (χ0) is 32.8. The summed E-state index contributed by atoms with van der Waals surface area (Å²) < 4.78 is 41.7. The first kappa shape index (κ1) is 33.0. The number of alkyl halides is 4. The lowest BCUT2D eigenvalue weighted by Crippen LogP contribution is -2.30. The molecule has 2 N–H and O–H groups in total. The summed E-state index contributed by atoms with van der Waals surface area (Å²) >= 11 is 2.19. The van der Waals surface area contributed by atoms with Gasteiger partial charge in [0.25, 0.3) is 17.7 Å². The lowest BCUT2D eigenvalue weighted by atomic mass is 10.1. The average molecular weight is 745 g/mol. The van der Waals surface area contributed by atoms with E-state index in [1.807, 2.05) is 6.07 Å². The van der Waals surface area contributed by atoms with Gasteiger partial charge in [0.1, 0.15) is 0 Å². The molecule has 240 valence electrons. The number of nitrogens with zero attached hydrogens (tertiary/aromatic N) is 4. The van der Waals surface area contributed by atoms with Gasteiger partial charge in [0.15, 0.2) is 5.82 Å². The molecular weight excluding hydrogens is 712 g/mol. The van der Waals surface area contributed by atoms with Crippen molar-refractivity contribution in [1.29, 1.82) is 0 Å². The highest BCUT2D eigenvalue weighted by molar-refractivity contribution is 14.1. The Morgan fingerprint density at radius 1 is 0.870 bits per heavy atom. The third-order valence-electron chi connectivity index (χ3n) is 7.62. The Morgan fingerprint density at radius 3 is 2.35 bits per heavy atom. The SMILES string of the molecule is CN(CCI)C(=O)c1cccc(C(=O)Nc2ccc(N3CCCCC3)cc2C(=O)Nc2ccn(-c3cccc(C(F)(F)F)c3)n2)c1. The smallest absolute Gasteiger partial charge is 0.372 e. The third-order valence-corrected chi connectivity index (χ3v) is 8.11. The van der Waals surface area contributed by atoms with Gasteiger partial charge in [-0.2, -0.15) is 18.3 Å². The number of carbonyl (C=O) groups excluding carboxylic acids is 3. The number of hydrogen-bond acceptors (Lipinski definition) is 5. The molecule has 9 nitrogen and oxygen atoms in total. The van der Waals surface area contributed by atoms with Crippen LogP contribution in [0.3, 0.4) is 0 Å². The molecule has 0 unspecified atom stereocenters. The minimum absolute atomic E-state index is 0.116. The standard InChI is InChI=1S/C33H32F3IN6O3/c1-41(18-14-37)32(46)23-8-5-7-22(19-23)30(44)38-28-12-11-25(42-15-3-2-4-16-42)21-27(28)31(45)39-29-13-17-43(40-29)26-10-6-9-24(20-26)33(34,35)36/h5-13,17,19-21H,2-4,14-16,18H2,1H3,(H,38,44)(H,39,40,45). The van der Waals surface area contributed by atoms with E-state index in [1.165, 1.54) is 35.1 Å². The maximum Gasteiger partial charge on any atom is 0.416 e. The summed E-state index contributed by atoms with van der Waals surface area (Å²) in [5, 5.41) is 9.79. The van der Waals surface area contributed by atoms with E-state index in [1.54, 1.807) is 42.3 Å². The summed E-state index contributed by atoms with van der Waals surface area (Å²) in [7, 11) is 1.70. The summed E-state index contributed by atoms with van der Waals surface area (Å²) in [4.78, 5) is 43.6. The number of aromatic nitrogens is 2. The molecule has 1 aliphatic rings. The van der Waals surface area contributed by atoms with Crippen molar-refractivity contribution < 1.29 is 27.6 Å². The van der Waals surface area contributed by atoms with Crippen LogP contribution in [0.25, 0.3) is 5.69 Å². The molecule has 1 fully saturated rings. The summed E-state index contributed by atoms with van der Waals surface area (Å²) in [6, 6.07) is 17.8. The zero-order valence-electron chi connectivity index (χ0n) is 25.0. The number of anilines is 3. The van der Waals surface area contributed by atoms with Crippen LogP contribution in [0.15, 0.2) is 79.0 Å². The van der Waals surface area contributed by atoms with Crippen molar-refractivity contribution in [1.82, 2.24) is 14.7 Å². The Bertz CT molecular complexity index is 1740. The van der Waals surface area contributed by atoms with Crippen LogP contribution in [-0.4, -0.2) is 63.5 Å². The van der Waals surface area contributed by atoms with E-state index < -0.39 is 23.6 Å². The largest absolute Gasteiger partial charge is 0.416 e. The summed E-state index contributed by atoms with van der Waals surface area (Å²) in [6.07, 6.45) is 0.109. The normalized spacial score (nSPS) is 13.3. The first-order valence-corrected chi connectivity index (χ1v) is 16.2. The molecule has 3 amide bonds. The lowest BCUT2D eigenvalue weighted by Gasteiger charge is -2.29. The third kappa shape index (κ3) is 7.87. The highest BCUT2D eigenvalue weighted by Crippen LogP contribution is 2.31. The fourth-order valence-corrected chi connectivity index (χ4v) is 5.88. The van der Waals surface area contributed by atoms with Crippen molar-refractivity contribution in [2.45, 2.75) is 25.4 Å². The van der Waals surface area contributed by atoms with Gasteiger partial charge < -0.3 is 20.4 Å². The Labute approximate surface area is 277 Å². The number of nitrogens with one attached hydrogen (secondary N) is 2. The molecule has 5 rings (SSSR count). The van der Waals surface area contributed by atoms with Crippen molar-refractivity contribution >= 4 is 57.5 Å². The summed E-state index contributed by atoms with van der Waals surface area (Å²) in [5.41, 5.74) is 1.23. The van der Waals surface area contributed by atoms with E-state index in [0.29, 0.717) is 12.1 Å². The molecule has 2 heterocycles. The number of halogens is 4. The van der Waals surface area contributed by atoms with Gasteiger partial charge in [-0.25, -0.2) is 4.68 Å². The topological polar surface area (TPSA) is 99.6 Å². The van der Waals surface area contributed by atoms with Crippen LogP contribution in [0.1, 0.15) is 55.9 Å². The molecular formula is C33H32F3IN6O3. The quantitative estimate of drug-likeness (QED) is 0.144. The Kier molecular flexibility index (Phi) is 10.3. The van der Waals surface area contributed by atoms with Gasteiger partial charge in [0.2, 0.25) is 0 Å². The summed E-state index contributed by atoms with van der Waals surface area (Å²) in [5.74, 6) is -1.15. The molecule has 0 atom stereocenters. The predicted molar refractivity (Wildman–Crippen MR) is 179 cm³/mol. The first-order valence-electron chi connectivity index (χ1n) is 14.7. The van der Waals surface area contributed by atoms with Crippen LogP contribution >= 0.6 is 22.6 Å². The van der Waals surface area contributed by atoms with Gasteiger partial charge >= 0.3 is 6.18 Å². The first-order chi connectivity index (χ1) is 22.0. The van der Waals surface area contributed by atoms with E-state index in [4.69, 9.17) is 0 Å². The van der Waals surface area contributed by atoms with Crippen LogP contribution in [0.4, 0.5) is 30.4 Å². The molecule has 13 heteroatoms. The Hall–Kier alpha value is -4.40. The van der Waals surface area contributed by atoms with Gasteiger partial charge in [-0.3, -0.25) is 14.4 Å². The van der Waals surface area contributed by atoms with Gasteiger partial charge in [-0.1, -0.05) is 34.7 Å². The van der Waals surface area contributed by atoms with E-state index in [9.17, 15) is 27.6 Å². The fraction of sp³-hybridized carbons (Fsp3) is 0.273. The van der Waals surface area contributed by atoms with Crippen LogP contribution in [0.2, 0.25) is 0 Å². The van der Waals surface area contributed by atoms with Crippen molar-refractivity contribution in [3.8, 4) is 5.69 Å². The molecule has 4 aromatic rings. The molecule has 1 aromatic heterocycles. The van der Waals surface area contributed by atoms with Crippen molar-refractivity contribution in [3.63, 3.8) is 0 Å². The fourth-order valence-electron chi connectivity index (χ4n) is 5.16. The van der Waals surface area contributed by atoms with E-state index in [-0.39, 0.29) is 34.2 Å². The predicted octanol–water partition coefficient (Wildman–Crippen LogP) is 6.89. The molecule has 3 aromatic carbocycles. The average Bonchev–Trinajstić information content (AvgIpc) is 3.53. The highest BCUT2D eigenvalue weighted by Gasteiger charge is 2.30. The summed E-state index contributed by atoms with van der Waals surface area (Å²) in [6.45, 7) is 2.23. The Balaban J connectivity index is 1.40. The lowest BCUT2D eigenvalue weighted by molar-refractivity contribution is -0.137. The van der Waals surface area contributed by atoms with Gasteiger partial charge in [-0.15, -0.1) is 0 Å². The molecule has 1 aliphatic heterocycles. The zero-order valence-corrected chi connectivity index (χ0v) is 27.1. The number of benzene rings is 3. The van der Waals surface area contributed by atoms with E-state index in [2.05, 4.69) is 43.2 Å². The number of carbonyl (C=O) groups is 3. The molecule has 0 bridgehead atoms. The van der Waals surface area contributed by atoms with E-state index in [0.717, 1.165) is 54.6 Å².